The highest BCUT2D eigenvalue weighted by Gasteiger charge is 2.26. The predicted octanol–water partition coefficient (Wildman–Crippen LogP) is 2.60. The number of piperidine rings is 1. The molecule has 0 saturated carbocycles. The van der Waals surface area contributed by atoms with Crippen molar-refractivity contribution >= 4 is 27.6 Å². The molecule has 1 unspecified atom stereocenters. The Labute approximate surface area is 153 Å². The van der Waals surface area contributed by atoms with Gasteiger partial charge in [-0.3, -0.25) is 4.98 Å². The Morgan fingerprint density at radius 3 is 2.84 bits per heavy atom. The van der Waals surface area contributed by atoms with Gasteiger partial charge in [-0.25, -0.2) is 17.7 Å². The molecule has 25 heavy (non-hydrogen) atoms. The van der Waals surface area contributed by atoms with Crippen molar-refractivity contribution in [1.29, 1.82) is 0 Å². The molecule has 3 rings (SSSR count). The Morgan fingerprint density at radius 1 is 1.28 bits per heavy atom. The van der Waals surface area contributed by atoms with Gasteiger partial charge in [-0.05, 0) is 18.4 Å². The highest BCUT2D eigenvalue weighted by molar-refractivity contribution is 7.98. The number of benzene rings is 1. The molecule has 1 aromatic heterocycles. The fourth-order valence-corrected chi connectivity index (χ4v) is 4.51. The lowest BCUT2D eigenvalue weighted by Crippen LogP contribution is -2.44. The largest absolute Gasteiger partial charge is 0.365 e. The number of nitrogens with zero attached hydrogens (tertiary/aromatic N) is 3. The number of anilines is 1. The van der Waals surface area contributed by atoms with E-state index < -0.39 is 10.0 Å². The third-order valence-corrected chi connectivity index (χ3v) is 6.29. The second kappa shape index (κ2) is 8.16. The summed E-state index contributed by atoms with van der Waals surface area (Å²) in [5.41, 5.74) is 1.24. The first-order valence-electron chi connectivity index (χ1n) is 8.21. The molecule has 6 nitrogen and oxygen atoms in total. The van der Waals surface area contributed by atoms with Crippen molar-refractivity contribution in [3.63, 3.8) is 0 Å². The van der Waals surface area contributed by atoms with E-state index in [1.54, 1.807) is 24.2 Å². The van der Waals surface area contributed by atoms with Crippen LogP contribution in [0.2, 0.25) is 0 Å². The van der Waals surface area contributed by atoms with E-state index in [4.69, 9.17) is 0 Å². The lowest BCUT2D eigenvalue weighted by molar-refractivity contribution is 0.329. The molecular weight excluding hydrogens is 356 g/mol. The maximum atomic E-state index is 11.7. The standard InChI is InChI=1S/C17H22N4O2S2/c1-25(22,23)21-9-5-8-15(12-21)19-16-10-18-11-17(20-16)24-13-14-6-3-2-4-7-14/h2-4,6-7,10-11,15H,5,8-9,12-13H2,1H3,(H,19,20). The molecule has 1 fully saturated rings. The van der Waals surface area contributed by atoms with E-state index in [1.807, 2.05) is 18.2 Å². The number of aromatic nitrogens is 2. The smallest absolute Gasteiger partial charge is 0.211 e. The van der Waals surface area contributed by atoms with Crippen LogP contribution in [-0.2, 0) is 15.8 Å². The monoisotopic (exact) mass is 378 g/mol. The van der Waals surface area contributed by atoms with Crippen molar-refractivity contribution in [3.05, 3.63) is 48.3 Å². The van der Waals surface area contributed by atoms with E-state index in [1.165, 1.54) is 16.1 Å². The summed E-state index contributed by atoms with van der Waals surface area (Å²) in [4.78, 5) is 8.84. The fraction of sp³-hybridized carbons (Fsp3) is 0.412. The van der Waals surface area contributed by atoms with Crippen LogP contribution in [0, 0.1) is 0 Å². The van der Waals surface area contributed by atoms with Crippen molar-refractivity contribution in [2.24, 2.45) is 0 Å². The highest BCUT2D eigenvalue weighted by atomic mass is 32.2. The Morgan fingerprint density at radius 2 is 2.08 bits per heavy atom. The van der Waals surface area contributed by atoms with Gasteiger partial charge in [-0.2, -0.15) is 0 Å². The van der Waals surface area contributed by atoms with Crippen molar-refractivity contribution in [3.8, 4) is 0 Å². The molecule has 1 aliphatic rings. The first-order valence-corrected chi connectivity index (χ1v) is 11.0. The lowest BCUT2D eigenvalue weighted by Gasteiger charge is -2.31. The molecule has 134 valence electrons. The van der Waals surface area contributed by atoms with Crippen molar-refractivity contribution in [2.45, 2.75) is 29.7 Å². The molecule has 1 atom stereocenters. The summed E-state index contributed by atoms with van der Waals surface area (Å²) in [6, 6.07) is 10.3. The molecule has 1 saturated heterocycles. The predicted molar refractivity (Wildman–Crippen MR) is 101 cm³/mol. The Balaban J connectivity index is 1.60. The van der Waals surface area contributed by atoms with Crippen LogP contribution in [0.25, 0.3) is 0 Å². The minimum atomic E-state index is -3.15. The van der Waals surface area contributed by atoms with Crippen LogP contribution in [0.1, 0.15) is 18.4 Å². The number of sulfonamides is 1. The molecule has 2 heterocycles. The van der Waals surface area contributed by atoms with Crippen molar-refractivity contribution < 1.29 is 8.42 Å². The number of thioether (sulfide) groups is 1. The lowest BCUT2D eigenvalue weighted by atomic mass is 10.1. The Bertz CT molecular complexity index is 799. The van der Waals surface area contributed by atoms with E-state index in [0.717, 1.165) is 23.6 Å². The molecule has 2 aromatic rings. The maximum Gasteiger partial charge on any atom is 0.211 e. The van der Waals surface area contributed by atoms with Crippen LogP contribution in [0.15, 0.2) is 47.8 Å². The first-order chi connectivity index (χ1) is 12.0. The number of hydrogen-bond donors (Lipinski definition) is 1. The molecule has 0 bridgehead atoms. The quantitative estimate of drug-likeness (QED) is 0.779. The van der Waals surface area contributed by atoms with Crippen molar-refractivity contribution in [2.75, 3.05) is 24.7 Å². The van der Waals surface area contributed by atoms with Gasteiger partial charge in [0.15, 0.2) is 0 Å². The van der Waals surface area contributed by atoms with Crippen molar-refractivity contribution in [1.82, 2.24) is 14.3 Å². The summed E-state index contributed by atoms with van der Waals surface area (Å²) in [7, 11) is -3.15. The zero-order chi connectivity index (χ0) is 17.7. The van der Waals surface area contributed by atoms with Crippen LogP contribution in [0.3, 0.4) is 0 Å². The molecule has 1 N–H and O–H groups in total. The first kappa shape index (κ1) is 18.2. The van der Waals surface area contributed by atoms with E-state index in [9.17, 15) is 8.42 Å². The van der Waals surface area contributed by atoms with Gasteiger partial charge in [0.1, 0.15) is 10.8 Å². The molecule has 0 radical (unpaired) electrons. The Hall–Kier alpha value is -1.64. The van der Waals surface area contributed by atoms with Gasteiger partial charge in [0.05, 0.1) is 18.6 Å². The summed E-state index contributed by atoms with van der Waals surface area (Å²) < 4.78 is 25.0. The molecule has 8 heteroatoms. The van der Waals surface area contributed by atoms with E-state index in [2.05, 4.69) is 27.4 Å². The van der Waals surface area contributed by atoms with Gasteiger partial charge in [-0.15, -0.1) is 11.8 Å². The highest BCUT2D eigenvalue weighted by Crippen LogP contribution is 2.22. The normalized spacial score (nSPS) is 18.8. The topological polar surface area (TPSA) is 75.2 Å². The van der Waals surface area contributed by atoms with Gasteiger partial charge in [0.25, 0.3) is 0 Å². The van der Waals surface area contributed by atoms with E-state index >= 15 is 0 Å². The maximum absolute atomic E-state index is 11.7. The SMILES string of the molecule is CS(=O)(=O)N1CCCC(Nc2cncc(SCc3ccccc3)n2)C1. The third kappa shape index (κ3) is 5.42. The van der Waals surface area contributed by atoms with Gasteiger partial charge in [0, 0.05) is 24.9 Å². The van der Waals surface area contributed by atoms with Crippen LogP contribution >= 0.6 is 11.8 Å². The minimum absolute atomic E-state index is 0.0622. The van der Waals surface area contributed by atoms with Crippen LogP contribution in [0.4, 0.5) is 5.82 Å². The second-order valence-corrected chi connectivity index (χ2v) is 9.10. The fourth-order valence-electron chi connectivity index (χ4n) is 2.79. The average Bonchev–Trinajstić information content (AvgIpc) is 2.61. The van der Waals surface area contributed by atoms with E-state index in [-0.39, 0.29) is 6.04 Å². The number of hydrogen-bond acceptors (Lipinski definition) is 6. The summed E-state index contributed by atoms with van der Waals surface area (Å²) in [6.45, 7) is 1.07. The van der Waals surface area contributed by atoms with E-state index in [0.29, 0.717) is 18.9 Å². The molecular formula is C17H22N4O2S2. The summed E-state index contributed by atoms with van der Waals surface area (Å²) in [5.74, 6) is 1.53. The third-order valence-electron chi connectivity index (χ3n) is 4.05. The minimum Gasteiger partial charge on any atom is -0.365 e. The summed E-state index contributed by atoms with van der Waals surface area (Å²) >= 11 is 1.63. The van der Waals surface area contributed by atoms with Crippen LogP contribution in [-0.4, -0.2) is 48.1 Å². The number of rotatable bonds is 6. The molecule has 1 aliphatic heterocycles. The van der Waals surface area contributed by atoms with Crippen LogP contribution in [0.5, 0.6) is 0 Å². The second-order valence-electron chi connectivity index (χ2n) is 6.12. The molecule has 0 aliphatic carbocycles. The zero-order valence-electron chi connectivity index (χ0n) is 14.1. The van der Waals surface area contributed by atoms with Gasteiger partial charge in [-0.1, -0.05) is 30.3 Å². The average molecular weight is 379 g/mol. The molecule has 0 amide bonds. The number of nitrogens with one attached hydrogen (secondary N) is 1. The summed E-state index contributed by atoms with van der Waals surface area (Å²) in [5, 5.41) is 4.18. The van der Waals surface area contributed by atoms with Gasteiger partial charge >= 0.3 is 0 Å². The molecule has 1 aromatic carbocycles. The Kier molecular flexibility index (Phi) is 5.93. The summed E-state index contributed by atoms with van der Waals surface area (Å²) in [6.07, 6.45) is 6.47. The van der Waals surface area contributed by atoms with Gasteiger partial charge in [0.2, 0.25) is 10.0 Å². The van der Waals surface area contributed by atoms with Gasteiger partial charge < -0.3 is 5.32 Å². The molecule has 0 spiro atoms. The zero-order valence-corrected chi connectivity index (χ0v) is 15.8. The van der Waals surface area contributed by atoms with Crippen LogP contribution < -0.4 is 5.32 Å².